The summed E-state index contributed by atoms with van der Waals surface area (Å²) in [6, 6.07) is 8.42. The predicted octanol–water partition coefficient (Wildman–Crippen LogP) is 1.40. The second kappa shape index (κ2) is 5.32. The first-order valence-electron chi connectivity index (χ1n) is 6.25. The first-order valence-corrected chi connectivity index (χ1v) is 6.25. The van der Waals surface area contributed by atoms with Crippen LogP contribution in [0.15, 0.2) is 24.3 Å². The van der Waals surface area contributed by atoms with E-state index in [9.17, 15) is 4.79 Å². The Morgan fingerprint density at radius 3 is 2.88 bits per heavy atom. The van der Waals surface area contributed by atoms with Crippen LogP contribution in [0.1, 0.15) is 24.5 Å². The van der Waals surface area contributed by atoms with Gasteiger partial charge in [-0.1, -0.05) is 24.3 Å². The molecule has 0 bridgehead atoms. The highest BCUT2D eigenvalue weighted by atomic mass is 16.2. The standard InChI is InChI=1S/C14H20N2O/c1-10-5-3-4-6-12(10)9-13-14(17)16-11(2)7-8-15-13/h3-6,11,13,15H,7-9H2,1-2H3,(H,16,17). The average molecular weight is 232 g/mol. The van der Waals surface area contributed by atoms with Gasteiger partial charge in [0.1, 0.15) is 0 Å². The second-order valence-corrected chi connectivity index (χ2v) is 4.84. The SMILES string of the molecule is Cc1ccccc1CC1NCCC(C)NC1=O. The fraction of sp³-hybridized carbons (Fsp3) is 0.500. The summed E-state index contributed by atoms with van der Waals surface area (Å²) in [5, 5.41) is 6.36. The molecule has 17 heavy (non-hydrogen) atoms. The molecular formula is C14H20N2O. The third-order valence-corrected chi connectivity index (χ3v) is 3.36. The lowest BCUT2D eigenvalue weighted by atomic mass is 10.0. The van der Waals surface area contributed by atoms with Crippen LogP contribution in [0.4, 0.5) is 0 Å². The zero-order valence-corrected chi connectivity index (χ0v) is 10.5. The van der Waals surface area contributed by atoms with Crippen molar-refractivity contribution in [2.24, 2.45) is 0 Å². The molecule has 3 heteroatoms. The maximum Gasteiger partial charge on any atom is 0.237 e. The minimum Gasteiger partial charge on any atom is -0.352 e. The summed E-state index contributed by atoms with van der Waals surface area (Å²) in [6.07, 6.45) is 1.77. The number of hydrogen-bond acceptors (Lipinski definition) is 2. The van der Waals surface area contributed by atoms with Crippen molar-refractivity contribution >= 4 is 5.91 Å². The van der Waals surface area contributed by atoms with Gasteiger partial charge in [-0.15, -0.1) is 0 Å². The van der Waals surface area contributed by atoms with E-state index in [2.05, 4.69) is 36.6 Å². The molecule has 1 aromatic rings. The molecule has 1 heterocycles. The summed E-state index contributed by atoms with van der Waals surface area (Å²) in [5.74, 6) is 0.123. The van der Waals surface area contributed by atoms with Crippen LogP contribution in [0.5, 0.6) is 0 Å². The summed E-state index contributed by atoms with van der Waals surface area (Å²) in [5.41, 5.74) is 2.49. The molecule has 1 aliphatic rings. The molecule has 2 unspecified atom stereocenters. The van der Waals surface area contributed by atoms with Crippen molar-refractivity contribution in [3.63, 3.8) is 0 Å². The maximum absolute atomic E-state index is 12.0. The molecule has 1 amide bonds. The first-order chi connectivity index (χ1) is 8.16. The largest absolute Gasteiger partial charge is 0.352 e. The van der Waals surface area contributed by atoms with Gasteiger partial charge >= 0.3 is 0 Å². The van der Waals surface area contributed by atoms with Gasteiger partial charge in [-0.05, 0) is 44.4 Å². The molecule has 2 rings (SSSR count). The van der Waals surface area contributed by atoms with Gasteiger partial charge in [0.2, 0.25) is 5.91 Å². The Bertz CT molecular complexity index is 403. The van der Waals surface area contributed by atoms with Crippen molar-refractivity contribution in [3.8, 4) is 0 Å². The molecule has 0 aliphatic carbocycles. The fourth-order valence-corrected chi connectivity index (χ4v) is 2.21. The van der Waals surface area contributed by atoms with Crippen molar-refractivity contribution in [3.05, 3.63) is 35.4 Å². The van der Waals surface area contributed by atoms with Crippen LogP contribution in [0.2, 0.25) is 0 Å². The van der Waals surface area contributed by atoms with Crippen LogP contribution < -0.4 is 10.6 Å². The van der Waals surface area contributed by atoms with E-state index >= 15 is 0 Å². The zero-order chi connectivity index (χ0) is 12.3. The Kier molecular flexibility index (Phi) is 3.79. The highest BCUT2D eigenvalue weighted by molar-refractivity contribution is 5.82. The molecular weight excluding hydrogens is 212 g/mol. The van der Waals surface area contributed by atoms with Gasteiger partial charge in [-0.25, -0.2) is 0 Å². The Morgan fingerprint density at radius 1 is 1.35 bits per heavy atom. The van der Waals surface area contributed by atoms with E-state index in [0.717, 1.165) is 19.4 Å². The van der Waals surface area contributed by atoms with Crippen LogP contribution >= 0.6 is 0 Å². The summed E-state index contributed by atoms with van der Waals surface area (Å²) < 4.78 is 0. The highest BCUT2D eigenvalue weighted by Gasteiger charge is 2.23. The number of benzene rings is 1. The summed E-state index contributed by atoms with van der Waals surface area (Å²) >= 11 is 0. The minimum absolute atomic E-state index is 0.0963. The van der Waals surface area contributed by atoms with Crippen LogP contribution in [-0.4, -0.2) is 24.5 Å². The average Bonchev–Trinajstić information content (AvgIpc) is 2.44. The van der Waals surface area contributed by atoms with Crippen molar-refractivity contribution in [2.75, 3.05) is 6.54 Å². The third-order valence-electron chi connectivity index (χ3n) is 3.36. The molecule has 0 radical (unpaired) electrons. The van der Waals surface area contributed by atoms with Crippen LogP contribution in [-0.2, 0) is 11.2 Å². The molecule has 0 aromatic heterocycles. The third kappa shape index (κ3) is 3.07. The number of carbonyl (C=O) groups is 1. The number of nitrogens with one attached hydrogen (secondary N) is 2. The number of amides is 1. The molecule has 0 saturated carbocycles. The summed E-state index contributed by atoms with van der Waals surface area (Å²) in [6.45, 7) is 5.04. The summed E-state index contributed by atoms with van der Waals surface area (Å²) in [4.78, 5) is 12.0. The number of hydrogen-bond donors (Lipinski definition) is 2. The Hall–Kier alpha value is -1.35. The van der Waals surface area contributed by atoms with Crippen molar-refractivity contribution in [2.45, 2.75) is 38.8 Å². The second-order valence-electron chi connectivity index (χ2n) is 4.84. The molecule has 1 aromatic carbocycles. The van der Waals surface area contributed by atoms with Gasteiger partial charge in [-0.3, -0.25) is 4.79 Å². The Balaban J connectivity index is 2.07. The van der Waals surface area contributed by atoms with Crippen molar-refractivity contribution < 1.29 is 4.79 Å². The number of carbonyl (C=O) groups excluding carboxylic acids is 1. The van der Waals surface area contributed by atoms with E-state index in [-0.39, 0.29) is 18.0 Å². The van der Waals surface area contributed by atoms with Crippen molar-refractivity contribution in [1.29, 1.82) is 0 Å². The molecule has 3 nitrogen and oxygen atoms in total. The van der Waals surface area contributed by atoms with Crippen molar-refractivity contribution in [1.82, 2.24) is 10.6 Å². The van der Waals surface area contributed by atoms with Gasteiger partial charge < -0.3 is 10.6 Å². The van der Waals surface area contributed by atoms with E-state index in [0.29, 0.717) is 0 Å². The zero-order valence-electron chi connectivity index (χ0n) is 10.5. The molecule has 92 valence electrons. The Morgan fingerprint density at radius 2 is 2.12 bits per heavy atom. The molecule has 1 fully saturated rings. The highest BCUT2D eigenvalue weighted by Crippen LogP contribution is 2.11. The predicted molar refractivity (Wildman–Crippen MR) is 68.9 cm³/mol. The van der Waals surface area contributed by atoms with E-state index in [1.807, 2.05) is 12.1 Å². The molecule has 1 saturated heterocycles. The van der Waals surface area contributed by atoms with Crippen LogP contribution in [0, 0.1) is 6.92 Å². The quantitative estimate of drug-likeness (QED) is 0.809. The van der Waals surface area contributed by atoms with E-state index in [1.165, 1.54) is 11.1 Å². The van der Waals surface area contributed by atoms with Gasteiger partial charge in [-0.2, -0.15) is 0 Å². The maximum atomic E-state index is 12.0. The van der Waals surface area contributed by atoms with Gasteiger partial charge in [0.15, 0.2) is 0 Å². The minimum atomic E-state index is -0.0963. The Labute approximate surface area is 103 Å². The number of aryl methyl sites for hydroxylation is 1. The fourth-order valence-electron chi connectivity index (χ4n) is 2.21. The topological polar surface area (TPSA) is 41.1 Å². The molecule has 1 aliphatic heterocycles. The lowest BCUT2D eigenvalue weighted by molar-refractivity contribution is -0.123. The van der Waals surface area contributed by atoms with Gasteiger partial charge in [0.25, 0.3) is 0 Å². The van der Waals surface area contributed by atoms with Gasteiger partial charge in [0, 0.05) is 6.04 Å². The smallest absolute Gasteiger partial charge is 0.237 e. The van der Waals surface area contributed by atoms with Gasteiger partial charge in [0.05, 0.1) is 6.04 Å². The number of rotatable bonds is 2. The van der Waals surface area contributed by atoms with E-state index < -0.39 is 0 Å². The van der Waals surface area contributed by atoms with E-state index in [4.69, 9.17) is 0 Å². The summed E-state index contributed by atoms with van der Waals surface area (Å²) in [7, 11) is 0. The van der Waals surface area contributed by atoms with Crippen LogP contribution in [0.3, 0.4) is 0 Å². The normalized spacial score (nSPS) is 25.2. The van der Waals surface area contributed by atoms with E-state index in [1.54, 1.807) is 0 Å². The molecule has 0 spiro atoms. The molecule has 2 N–H and O–H groups in total. The van der Waals surface area contributed by atoms with Crippen LogP contribution in [0.25, 0.3) is 0 Å². The lowest BCUT2D eigenvalue weighted by Crippen LogP contribution is -2.44. The monoisotopic (exact) mass is 232 g/mol. The first kappa shape index (κ1) is 12.1. The lowest BCUT2D eigenvalue weighted by Gasteiger charge is -2.16. The molecule has 2 atom stereocenters.